The number of nitrogens with zero attached hydrogens (tertiary/aromatic N) is 1. The van der Waals surface area contributed by atoms with Gasteiger partial charge in [0.2, 0.25) is 0 Å². The van der Waals surface area contributed by atoms with Gasteiger partial charge in [0.15, 0.2) is 5.78 Å². The summed E-state index contributed by atoms with van der Waals surface area (Å²) in [5.41, 5.74) is 4.12. The van der Waals surface area contributed by atoms with E-state index in [1.165, 1.54) is 0 Å². The van der Waals surface area contributed by atoms with Gasteiger partial charge in [0, 0.05) is 44.6 Å². The highest BCUT2D eigenvalue weighted by atomic mass is 79.9. The normalized spacial score (nSPS) is 22.3. The molecule has 178 valence electrons. The average molecular weight is 561 g/mol. The zero-order chi connectivity index (χ0) is 24.2. The number of hydrogen-bond donors (Lipinski definition) is 0. The van der Waals surface area contributed by atoms with Gasteiger partial charge in [0.05, 0.1) is 0 Å². The Morgan fingerprint density at radius 1 is 1.18 bits per heavy atom. The lowest BCUT2D eigenvalue weighted by Gasteiger charge is -2.36. The number of esters is 1. The van der Waals surface area contributed by atoms with Gasteiger partial charge in [-0.2, -0.15) is 11.8 Å². The van der Waals surface area contributed by atoms with Crippen LogP contribution in [-0.2, 0) is 14.3 Å². The maximum Gasteiger partial charge on any atom is 0.315 e. The van der Waals surface area contributed by atoms with Gasteiger partial charge in [0.25, 0.3) is 0 Å². The number of carbonyl (C=O) groups is 2. The van der Waals surface area contributed by atoms with E-state index in [2.05, 4.69) is 22.9 Å². The topological polar surface area (TPSA) is 55.7 Å². The van der Waals surface area contributed by atoms with Crippen molar-refractivity contribution in [2.75, 3.05) is 18.1 Å². The molecule has 0 saturated carbocycles. The summed E-state index contributed by atoms with van der Waals surface area (Å²) in [6.07, 6.45) is 1.04. The van der Waals surface area contributed by atoms with Gasteiger partial charge in [-0.25, -0.2) is 0 Å². The molecule has 3 atom stereocenters. The first-order valence-electron chi connectivity index (χ1n) is 11.5. The number of allylic oxidation sites excluding steroid dienone is 2. The van der Waals surface area contributed by atoms with E-state index >= 15 is 0 Å². The van der Waals surface area contributed by atoms with Crippen LogP contribution in [0, 0.1) is 5.92 Å². The van der Waals surface area contributed by atoms with Gasteiger partial charge in [-0.15, -0.1) is 0 Å². The lowest BCUT2D eigenvalue weighted by Crippen LogP contribution is -2.38. The predicted molar refractivity (Wildman–Crippen MR) is 143 cm³/mol. The van der Waals surface area contributed by atoms with Crippen LogP contribution in [0.1, 0.15) is 49.7 Å². The number of hydrogen-bond acceptors (Lipinski definition) is 5. The second kappa shape index (κ2) is 11.2. The van der Waals surface area contributed by atoms with E-state index in [0.717, 1.165) is 32.8 Å². The van der Waals surface area contributed by atoms with Crippen LogP contribution in [0.4, 0.5) is 0 Å². The molecule has 0 aromatic heterocycles. The number of ketones is 1. The van der Waals surface area contributed by atoms with Crippen LogP contribution >= 0.6 is 39.3 Å². The zero-order valence-corrected chi connectivity index (χ0v) is 22.4. The third kappa shape index (κ3) is 5.50. The van der Waals surface area contributed by atoms with Crippen molar-refractivity contribution in [3.63, 3.8) is 0 Å². The minimum atomic E-state index is -0.615. The van der Waals surface area contributed by atoms with Crippen molar-refractivity contribution in [3.8, 4) is 0 Å². The highest BCUT2D eigenvalue weighted by Gasteiger charge is 2.44. The third-order valence-electron chi connectivity index (χ3n) is 6.37. The maximum atomic E-state index is 13.6. The van der Waals surface area contributed by atoms with E-state index in [1.807, 2.05) is 55.5 Å². The summed E-state index contributed by atoms with van der Waals surface area (Å²) in [7, 11) is 0. The highest BCUT2D eigenvalue weighted by Crippen LogP contribution is 2.47. The van der Waals surface area contributed by atoms with Crippen molar-refractivity contribution in [1.29, 1.82) is 0 Å². The molecular formula is C27H27BrClNO3S. The van der Waals surface area contributed by atoms with Gasteiger partial charge in [-0.3, -0.25) is 14.6 Å². The molecular weight excluding hydrogens is 534 g/mol. The number of halogens is 2. The van der Waals surface area contributed by atoms with Crippen LogP contribution in [0.5, 0.6) is 0 Å². The minimum absolute atomic E-state index is 0.0396. The Hall–Kier alpha value is -1.89. The predicted octanol–water partition coefficient (Wildman–Crippen LogP) is 6.97. The van der Waals surface area contributed by atoms with E-state index < -0.39 is 11.8 Å². The summed E-state index contributed by atoms with van der Waals surface area (Å²) in [6.45, 7) is 4.30. The monoisotopic (exact) mass is 559 g/mol. The van der Waals surface area contributed by atoms with Crippen molar-refractivity contribution < 1.29 is 14.3 Å². The lowest BCUT2D eigenvalue weighted by atomic mass is 9.69. The van der Waals surface area contributed by atoms with Crippen molar-refractivity contribution in [3.05, 3.63) is 80.4 Å². The Morgan fingerprint density at radius 2 is 1.94 bits per heavy atom. The van der Waals surface area contributed by atoms with Crippen LogP contribution < -0.4 is 0 Å². The van der Waals surface area contributed by atoms with E-state index in [1.54, 1.807) is 11.8 Å². The van der Waals surface area contributed by atoms with Crippen molar-refractivity contribution >= 4 is 56.8 Å². The number of aliphatic imine (C=N–C) groups is 1. The number of benzene rings is 2. The second-order valence-electron chi connectivity index (χ2n) is 8.57. The van der Waals surface area contributed by atoms with Gasteiger partial charge in [-0.1, -0.05) is 58.7 Å². The highest BCUT2D eigenvalue weighted by molar-refractivity contribution is 9.10. The molecule has 7 heteroatoms. The maximum absolute atomic E-state index is 13.6. The second-order valence-corrected chi connectivity index (χ2v) is 11.3. The molecule has 0 spiro atoms. The summed E-state index contributed by atoms with van der Waals surface area (Å²) in [5.74, 6) is 0.469. The van der Waals surface area contributed by atoms with Gasteiger partial charge >= 0.3 is 5.97 Å². The quantitative estimate of drug-likeness (QED) is 0.271. The minimum Gasteiger partial charge on any atom is -0.464 e. The van der Waals surface area contributed by atoms with Crippen molar-refractivity contribution in [2.45, 2.75) is 38.5 Å². The zero-order valence-electron chi connectivity index (χ0n) is 19.2. The van der Waals surface area contributed by atoms with Gasteiger partial charge < -0.3 is 4.74 Å². The number of rotatable bonds is 7. The molecule has 2 aliphatic rings. The van der Waals surface area contributed by atoms with E-state index in [9.17, 15) is 9.59 Å². The molecule has 4 nitrogen and oxygen atoms in total. The Labute approximate surface area is 218 Å². The smallest absolute Gasteiger partial charge is 0.315 e. The molecule has 1 aliphatic heterocycles. The Bertz CT molecular complexity index is 1140. The lowest BCUT2D eigenvalue weighted by molar-refractivity contribution is -0.145. The Morgan fingerprint density at radius 3 is 2.65 bits per heavy atom. The van der Waals surface area contributed by atoms with Crippen LogP contribution in [0.2, 0.25) is 5.02 Å². The molecule has 1 aliphatic carbocycles. The van der Waals surface area contributed by atoms with Crippen molar-refractivity contribution in [1.82, 2.24) is 0 Å². The summed E-state index contributed by atoms with van der Waals surface area (Å²) in [6, 6.07) is 15.5. The van der Waals surface area contributed by atoms with Gasteiger partial charge in [-0.05, 0) is 60.4 Å². The largest absolute Gasteiger partial charge is 0.464 e. The molecule has 0 amide bonds. The molecule has 0 bridgehead atoms. The summed E-state index contributed by atoms with van der Waals surface area (Å²) in [5, 5.41) is 0.672. The molecule has 0 radical (unpaired) electrons. The first kappa shape index (κ1) is 25.2. The average Bonchev–Trinajstić information content (AvgIpc) is 2.81. The number of Topliss-reactive ketones (excluding diaryl/α,β-unsaturated/α-hetero) is 1. The first-order chi connectivity index (χ1) is 16.4. The van der Waals surface area contributed by atoms with E-state index in [0.29, 0.717) is 35.8 Å². The fourth-order valence-electron chi connectivity index (χ4n) is 4.83. The molecule has 0 saturated heterocycles. The fraction of sp³-hybridized carbons (Fsp3) is 0.370. The van der Waals surface area contributed by atoms with Crippen LogP contribution in [0.15, 0.2) is 69.3 Å². The number of carbonyl (C=O) groups excluding carboxylic acids is 2. The Kier molecular flexibility index (Phi) is 8.33. The molecule has 0 N–H and O–H groups in total. The summed E-state index contributed by atoms with van der Waals surface area (Å²) in [4.78, 5) is 31.7. The third-order valence-corrected chi connectivity index (χ3v) is 7.98. The molecule has 34 heavy (non-hydrogen) atoms. The molecule has 4 rings (SSSR count). The molecule has 1 unspecified atom stereocenters. The molecule has 2 aromatic carbocycles. The standard InChI is InChI=1S/C27H27BrClNO3S/c1-3-34-12-11-33-27(32)24-16(2)30-22-14-19(17-7-9-21(29)10-8-17)15-23(31)26(22)25(24)18-5-4-6-20(28)13-18/h4-10,13,19,24-25H,3,11-12,14-15H2,1-2H3/t19-,24?,25+/m0/s1. The fourth-order valence-corrected chi connectivity index (χ4v) is 5.86. The van der Waals surface area contributed by atoms with Crippen LogP contribution in [-0.4, -0.2) is 35.6 Å². The number of ether oxygens (including phenoxy) is 1. The summed E-state index contributed by atoms with van der Waals surface area (Å²) >= 11 is 11.3. The van der Waals surface area contributed by atoms with E-state index in [-0.39, 0.29) is 17.7 Å². The molecule has 1 heterocycles. The Balaban J connectivity index is 1.71. The van der Waals surface area contributed by atoms with Crippen LogP contribution in [0.3, 0.4) is 0 Å². The van der Waals surface area contributed by atoms with Crippen LogP contribution in [0.25, 0.3) is 0 Å². The van der Waals surface area contributed by atoms with Crippen molar-refractivity contribution in [2.24, 2.45) is 10.9 Å². The van der Waals surface area contributed by atoms with E-state index in [4.69, 9.17) is 21.3 Å². The summed E-state index contributed by atoms with van der Waals surface area (Å²) < 4.78 is 6.56. The number of thioether (sulfide) groups is 1. The molecule has 2 aromatic rings. The SMILES string of the molecule is CCSCCOC(=O)C1C(C)=NC2=C(C(=O)C[C@@H](c3ccc(Cl)cc3)C2)[C@@H]1c1cccc(Br)c1. The molecule has 0 fully saturated rings. The van der Waals surface area contributed by atoms with Gasteiger partial charge in [0.1, 0.15) is 12.5 Å². The first-order valence-corrected chi connectivity index (χ1v) is 13.8.